The van der Waals surface area contributed by atoms with Crippen molar-refractivity contribution in [3.63, 3.8) is 0 Å². The Balaban J connectivity index is 1.58. The van der Waals surface area contributed by atoms with E-state index in [4.69, 9.17) is 4.98 Å². The third-order valence-corrected chi connectivity index (χ3v) is 6.88. The van der Waals surface area contributed by atoms with Gasteiger partial charge in [0.2, 0.25) is 5.91 Å². The van der Waals surface area contributed by atoms with Crippen LogP contribution >= 0.6 is 11.3 Å². The molecule has 0 spiro atoms. The normalized spacial score (nSPS) is 24.2. The number of thiazole rings is 1. The van der Waals surface area contributed by atoms with Gasteiger partial charge in [-0.1, -0.05) is 6.92 Å². The molecule has 1 aliphatic heterocycles. The van der Waals surface area contributed by atoms with Crippen LogP contribution in [0.5, 0.6) is 0 Å². The van der Waals surface area contributed by atoms with Crippen molar-refractivity contribution >= 4 is 33.3 Å². The van der Waals surface area contributed by atoms with Crippen molar-refractivity contribution in [1.29, 1.82) is 5.26 Å². The number of anilines is 1. The molecule has 0 bridgehead atoms. The zero-order valence-corrected chi connectivity index (χ0v) is 16.9. The molecule has 1 aliphatic carbocycles. The molecule has 3 aromatic heterocycles. The highest BCUT2D eigenvalue weighted by atomic mass is 32.1. The van der Waals surface area contributed by atoms with Gasteiger partial charge in [0.05, 0.1) is 33.7 Å². The predicted molar refractivity (Wildman–Crippen MR) is 107 cm³/mol. The van der Waals surface area contributed by atoms with E-state index < -0.39 is 18.4 Å². The van der Waals surface area contributed by atoms with E-state index in [2.05, 4.69) is 16.2 Å². The SMILES string of the molecule is C[C@@H]1CN(c2nc(-c3cnn(CC(F)F)c3)cc3ncsc23)C(=O)[C@]1(C#N)C1CC1. The van der Waals surface area contributed by atoms with E-state index in [-0.39, 0.29) is 17.7 Å². The molecule has 5 rings (SSSR count). The van der Waals surface area contributed by atoms with Gasteiger partial charge >= 0.3 is 0 Å². The smallest absolute Gasteiger partial charge is 0.257 e. The van der Waals surface area contributed by atoms with Crippen molar-refractivity contribution in [2.24, 2.45) is 17.3 Å². The lowest BCUT2D eigenvalue weighted by Crippen LogP contribution is -2.37. The van der Waals surface area contributed by atoms with Gasteiger partial charge in [-0.2, -0.15) is 10.4 Å². The highest BCUT2D eigenvalue weighted by molar-refractivity contribution is 7.17. The number of hydrogen-bond acceptors (Lipinski definition) is 6. The van der Waals surface area contributed by atoms with Crippen molar-refractivity contribution in [3.8, 4) is 17.3 Å². The van der Waals surface area contributed by atoms with Crippen molar-refractivity contribution < 1.29 is 13.6 Å². The zero-order chi connectivity index (χ0) is 21.0. The van der Waals surface area contributed by atoms with Gasteiger partial charge in [0, 0.05) is 24.2 Å². The van der Waals surface area contributed by atoms with Crippen LogP contribution in [0, 0.1) is 28.6 Å². The second-order valence-corrected chi connectivity index (χ2v) is 8.80. The number of pyridine rings is 1. The maximum atomic E-state index is 13.4. The molecule has 1 saturated heterocycles. The van der Waals surface area contributed by atoms with Crippen LogP contribution in [0.15, 0.2) is 24.0 Å². The number of nitriles is 1. The number of hydrogen-bond donors (Lipinski definition) is 0. The molecule has 7 nitrogen and oxygen atoms in total. The number of halogens is 2. The summed E-state index contributed by atoms with van der Waals surface area (Å²) in [5, 5.41) is 13.9. The van der Waals surface area contributed by atoms with Crippen LogP contribution < -0.4 is 4.90 Å². The first-order chi connectivity index (χ1) is 14.4. The number of amides is 1. The Labute approximate surface area is 175 Å². The van der Waals surface area contributed by atoms with Crippen LogP contribution in [0.25, 0.3) is 21.5 Å². The minimum absolute atomic E-state index is 0.0997. The van der Waals surface area contributed by atoms with E-state index in [9.17, 15) is 18.8 Å². The molecule has 10 heteroatoms. The zero-order valence-electron chi connectivity index (χ0n) is 16.1. The molecule has 0 radical (unpaired) electrons. The second kappa shape index (κ2) is 6.80. The molecular weight excluding hydrogens is 410 g/mol. The van der Waals surface area contributed by atoms with Crippen LogP contribution in [-0.4, -0.2) is 38.6 Å². The lowest BCUT2D eigenvalue weighted by molar-refractivity contribution is -0.124. The Morgan fingerprint density at radius 3 is 2.93 bits per heavy atom. The van der Waals surface area contributed by atoms with Gasteiger partial charge in [0.15, 0.2) is 5.82 Å². The minimum atomic E-state index is -2.51. The number of carbonyl (C=O) groups excluding carboxylic acids is 1. The molecule has 30 heavy (non-hydrogen) atoms. The fourth-order valence-electron chi connectivity index (χ4n) is 4.40. The summed E-state index contributed by atoms with van der Waals surface area (Å²) in [5.41, 5.74) is 2.42. The van der Waals surface area contributed by atoms with Crippen molar-refractivity contribution in [2.45, 2.75) is 32.7 Å². The van der Waals surface area contributed by atoms with Crippen LogP contribution in [0.1, 0.15) is 19.8 Å². The molecule has 2 fully saturated rings. The van der Waals surface area contributed by atoms with E-state index in [0.29, 0.717) is 29.1 Å². The fourth-order valence-corrected chi connectivity index (χ4v) is 5.17. The standard InChI is InChI=1S/C20H18F2N6OS/c1-11-6-28(19(29)20(11,9-23)13-2-3-13)18-17-15(24-10-30-17)4-14(26-18)12-5-25-27(7-12)8-16(21)22/h4-5,7,10-11,13,16H,2-3,6,8H2,1H3/t11-,20+/m1/s1. The Hall–Kier alpha value is -2.93. The first-order valence-electron chi connectivity index (χ1n) is 9.72. The number of carbonyl (C=O) groups is 1. The van der Waals surface area contributed by atoms with Crippen molar-refractivity contribution in [3.05, 3.63) is 24.0 Å². The average molecular weight is 428 g/mol. The summed E-state index contributed by atoms with van der Waals surface area (Å²) in [6.07, 6.45) is 2.26. The number of rotatable bonds is 5. The maximum Gasteiger partial charge on any atom is 0.257 e. The van der Waals surface area contributed by atoms with Gasteiger partial charge in [-0.15, -0.1) is 11.3 Å². The van der Waals surface area contributed by atoms with E-state index in [1.807, 2.05) is 6.92 Å². The van der Waals surface area contributed by atoms with Gasteiger partial charge in [-0.05, 0) is 24.8 Å². The van der Waals surface area contributed by atoms with Crippen LogP contribution in [0.2, 0.25) is 0 Å². The molecule has 0 aromatic carbocycles. The largest absolute Gasteiger partial charge is 0.294 e. The van der Waals surface area contributed by atoms with E-state index in [1.165, 1.54) is 28.4 Å². The van der Waals surface area contributed by atoms with E-state index in [0.717, 1.165) is 17.5 Å². The highest BCUT2D eigenvalue weighted by Crippen LogP contribution is 2.54. The first-order valence-corrected chi connectivity index (χ1v) is 10.6. The van der Waals surface area contributed by atoms with Gasteiger partial charge in [0.25, 0.3) is 6.43 Å². The summed E-state index contributed by atoms with van der Waals surface area (Å²) in [6, 6.07) is 4.10. The Morgan fingerprint density at radius 1 is 1.43 bits per heavy atom. The Morgan fingerprint density at radius 2 is 2.23 bits per heavy atom. The monoisotopic (exact) mass is 428 g/mol. The summed E-state index contributed by atoms with van der Waals surface area (Å²) in [5.74, 6) is 0.265. The van der Waals surface area contributed by atoms with Gasteiger partial charge in [0.1, 0.15) is 12.0 Å². The number of fused-ring (bicyclic) bond motifs is 1. The lowest BCUT2D eigenvalue weighted by atomic mass is 9.75. The van der Waals surface area contributed by atoms with Gasteiger partial charge in [-0.3, -0.25) is 14.4 Å². The maximum absolute atomic E-state index is 13.4. The number of nitrogens with zero attached hydrogens (tertiary/aromatic N) is 6. The Kier molecular flexibility index (Phi) is 4.32. The molecule has 3 aromatic rings. The van der Waals surface area contributed by atoms with Crippen molar-refractivity contribution in [1.82, 2.24) is 19.7 Å². The van der Waals surface area contributed by atoms with Crippen LogP contribution in [0.3, 0.4) is 0 Å². The first kappa shape index (κ1) is 19.1. The molecule has 1 amide bonds. The van der Waals surface area contributed by atoms with Crippen LogP contribution in [-0.2, 0) is 11.3 Å². The number of aromatic nitrogens is 4. The summed E-state index contributed by atoms with van der Waals surface area (Å²) in [7, 11) is 0. The lowest BCUT2D eigenvalue weighted by Gasteiger charge is -2.22. The van der Waals surface area contributed by atoms with Gasteiger partial charge in [-0.25, -0.2) is 18.7 Å². The molecule has 154 valence electrons. The topological polar surface area (TPSA) is 87.7 Å². The molecule has 4 heterocycles. The molecule has 2 aliphatic rings. The van der Waals surface area contributed by atoms with Crippen molar-refractivity contribution in [2.75, 3.05) is 11.4 Å². The highest BCUT2D eigenvalue weighted by Gasteiger charge is 2.61. The molecule has 0 unspecified atom stereocenters. The second-order valence-electron chi connectivity index (χ2n) is 7.95. The summed E-state index contributed by atoms with van der Waals surface area (Å²) < 4.78 is 27.3. The molecular formula is C20H18F2N6OS. The average Bonchev–Trinajstić information content (AvgIpc) is 3.17. The third-order valence-electron chi connectivity index (χ3n) is 6.05. The number of alkyl halides is 2. The third kappa shape index (κ3) is 2.80. The summed E-state index contributed by atoms with van der Waals surface area (Å²) >= 11 is 1.38. The minimum Gasteiger partial charge on any atom is -0.294 e. The molecule has 1 saturated carbocycles. The van der Waals surface area contributed by atoms with Crippen LogP contribution in [0.4, 0.5) is 14.6 Å². The summed E-state index contributed by atoms with van der Waals surface area (Å²) in [6.45, 7) is 1.86. The fraction of sp³-hybridized carbons (Fsp3) is 0.450. The molecule has 0 N–H and O–H groups in total. The summed E-state index contributed by atoms with van der Waals surface area (Å²) in [4.78, 5) is 24.1. The molecule has 2 atom stereocenters. The Bertz CT molecular complexity index is 1180. The van der Waals surface area contributed by atoms with E-state index >= 15 is 0 Å². The predicted octanol–water partition coefficient (Wildman–Crippen LogP) is 3.72. The van der Waals surface area contributed by atoms with E-state index in [1.54, 1.807) is 16.5 Å². The quantitative estimate of drug-likeness (QED) is 0.618. The van der Waals surface area contributed by atoms with Gasteiger partial charge < -0.3 is 0 Å².